The predicted octanol–water partition coefficient (Wildman–Crippen LogP) is 3.01. The van der Waals surface area contributed by atoms with E-state index in [0.29, 0.717) is 29.2 Å². The molecule has 1 heterocycles. The minimum atomic E-state index is -0.457. The number of carbonyl (C=O) groups is 2. The van der Waals surface area contributed by atoms with E-state index in [-0.39, 0.29) is 24.0 Å². The average molecular weight is 472 g/mol. The van der Waals surface area contributed by atoms with Crippen LogP contribution in [0.2, 0.25) is 0 Å². The Hall–Kier alpha value is -4.86. The standard InChI is InChI=1S/C25H25N7O3/c1-2-35-19-13-11-18(12-14-19)32-30-22(23(27)31-32)25(34)28-15-16-7-9-17(10-8-16)24(33)29-21-6-4-3-5-20(21)26/h3-14H,2,15,26H2,1H3,(H2,27,31)(H,28,34)(H,29,33). The number of para-hydroxylation sites is 2. The highest BCUT2D eigenvalue weighted by Crippen LogP contribution is 2.18. The van der Waals surface area contributed by atoms with Gasteiger partial charge in [-0.3, -0.25) is 9.59 Å². The summed E-state index contributed by atoms with van der Waals surface area (Å²) in [6, 6.07) is 21.0. The molecule has 0 aliphatic carbocycles. The molecule has 0 radical (unpaired) electrons. The van der Waals surface area contributed by atoms with Gasteiger partial charge in [-0.25, -0.2) is 0 Å². The van der Waals surface area contributed by atoms with Crippen molar-refractivity contribution in [3.63, 3.8) is 0 Å². The fourth-order valence-corrected chi connectivity index (χ4v) is 3.28. The van der Waals surface area contributed by atoms with Crippen LogP contribution >= 0.6 is 0 Å². The molecule has 0 saturated carbocycles. The molecule has 10 nitrogen and oxygen atoms in total. The normalized spacial score (nSPS) is 10.5. The van der Waals surface area contributed by atoms with Gasteiger partial charge < -0.3 is 26.8 Å². The summed E-state index contributed by atoms with van der Waals surface area (Å²) in [5.41, 5.74) is 14.7. The monoisotopic (exact) mass is 471 g/mol. The molecule has 0 unspecified atom stereocenters. The van der Waals surface area contributed by atoms with E-state index in [4.69, 9.17) is 16.2 Å². The van der Waals surface area contributed by atoms with Crippen LogP contribution in [-0.4, -0.2) is 33.4 Å². The maximum absolute atomic E-state index is 12.6. The zero-order valence-corrected chi connectivity index (χ0v) is 19.1. The fraction of sp³-hybridized carbons (Fsp3) is 0.120. The molecular weight excluding hydrogens is 446 g/mol. The molecule has 0 aliphatic rings. The van der Waals surface area contributed by atoms with E-state index in [2.05, 4.69) is 20.8 Å². The van der Waals surface area contributed by atoms with Crippen LogP contribution in [0.25, 0.3) is 5.69 Å². The molecule has 35 heavy (non-hydrogen) atoms. The van der Waals surface area contributed by atoms with Crippen molar-refractivity contribution in [3.05, 3.63) is 89.6 Å². The molecule has 10 heteroatoms. The number of rotatable bonds is 8. The van der Waals surface area contributed by atoms with Crippen LogP contribution in [-0.2, 0) is 6.54 Å². The van der Waals surface area contributed by atoms with E-state index < -0.39 is 5.91 Å². The zero-order valence-electron chi connectivity index (χ0n) is 19.1. The molecule has 4 aromatic rings. The number of amides is 2. The molecule has 0 aliphatic heterocycles. The first-order valence-corrected chi connectivity index (χ1v) is 10.9. The first-order valence-electron chi connectivity index (χ1n) is 10.9. The SMILES string of the molecule is CCOc1ccc(-n2nc(N)c(C(=O)NCc3ccc(C(=O)Nc4ccccc4N)cc3)n2)cc1. The van der Waals surface area contributed by atoms with Crippen molar-refractivity contribution in [3.8, 4) is 11.4 Å². The highest BCUT2D eigenvalue weighted by Gasteiger charge is 2.17. The second-order valence-electron chi connectivity index (χ2n) is 7.57. The van der Waals surface area contributed by atoms with Crippen LogP contribution in [0, 0.1) is 0 Å². The van der Waals surface area contributed by atoms with Gasteiger partial charge in [0.1, 0.15) is 5.75 Å². The van der Waals surface area contributed by atoms with Crippen LogP contribution in [0.3, 0.4) is 0 Å². The van der Waals surface area contributed by atoms with Gasteiger partial charge in [-0.1, -0.05) is 24.3 Å². The number of carbonyl (C=O) groups excluding carboxylic acids is 2. The summed E-state index contributed by atoms with van der Waals surface area (Å²) in [6.07, 6.45) is 0. The van der Waals surface area contributed by atoms with Gasteiger partial charge >= 0.3 is 0 Å². The van der Waals surface area contributed by atoms with E-state index >= 15 is 0 Å². The van der Waals surface area contributed by atoms with Crippen LogP contribution in [0.1, 0.15) is 33.3 Å². The molecule has 6 N–H and O–H groups in total. The third kappa shape index (κ3) is 5.56. The van der Waals surface area contributed by atoms with Crippen LogP contribution < -0.4 is 26.8 Å². The van der Waals surface area contributed by atoms with Crippen molar-refractivity contribution in [2.24, 2.45) is 0 Å². The van der Waals surface area contributed by atoms with Crippen LogP contribution in [0.5, 0.6) is 5.75 Å². The summed E-state index contributed by atoms with van der Waals surface area (Å²) in [4.78, 5) is 26.4. The lowest BCUT2D eigenvalue weighted by atomic mass is 10.1. The van der Waals surface area contributed by atoms with Crippen molar-refractivity contribution < 1.29 is 14.3 Å². The number of anilines is 3. The van der Waals surface area contributed by atoms with Gasteiger partial charge in [0.2, 0.25) is 0 Å². The Kier molecular flexibility index (Phi) is 6.91. The largest absolute Gasteiger partial charge is 0.494 e. The van der Waals surface area contributed by atoms with Gasteiger partial charge in [0, 0.05) is 12.1 Å². The van der Waals surface area contributed by atoms with Crippen molar-refractivity contribution >= 4 is 29.0 Å². The Morgan fingerprint density at radius 2 is 1.63 bits per heavy atom. The number of hydrogen-bond acceptors (Lipinski definition) is 7. The number of hydrogen-bond donors (Lipinski definition) is 4. The maximum atomic E-state index is 12.6. The van der Waals surface area contributed by atoms with Gasteiger partial charge in [-0.15, -0.1) is 15.0 Å². The lowest BCUT2D eigenvalue weighted by molar-refractivity contribution is 0.0945. The van der Waals surface area contributed by atoms with E-state index in [1.165, 1.54) is 4.80 Å². The smallest absolute Gasteiger partial charge is 0.275 e. The van der Waals surface area contributed by atoms with Crippen molar-refractivity contribution in [1.29, 1.82) is 0 Å². The number of benzene rings is 3. The highest BCUT2D eigenvalue weighted by atomic mass is 16.5. The van der Waals surface area contributed by atoms with Crippen molar-refractivity contribution in [2.75, 3.05) is 23.4 Å². The maximum Gasteiger partial charge on any atom is 0.275 e. The van der Waals surface area contributed by atoms with Gasteiger partial charge in [0.05, 0.1) is 23.7 Å². The molecular formula is C25H25N7O3. The summed E-state index contributed by atoms with van der Waals surface area (Å²) in [7, 11) is 0. The number of nitrogen functional groups attached to an aromatic ring is 2. The molecule has 4 rings (SSSR count). The Morgan fingerprint density at radius 3 is 2.31 bits per heavy atom. The minimum absolute atomic E-state index is 0.0172. The Morgan fingerprint density at radius 1 is 0.914 bits per heavy atom. The van der Waals surface area contributed by atoms with Crippen LogP contribution in [0.15, 0.2) is 72.8 Å². The third-order valence-corrected chi connectivity index (χ3v) is 5.11. The second kappa shape index (κ2) is 10.4. The Labute approximate surface area is 201 Å². The molecule has 0 bridgehead atoms. The number of nitrogens with zero attached hydrogens (tertiary/aromatic N) is 3. The van der Waals surface area contributed by atoms with Gasteiger partial charge in [-0.05, 0) is 61.0 Å². The van der Waals surface area contributed by atoms with E-state index in [9.17, 15) is 9.59 Å². The van der Waals surface area contributed by atoms with Gasteiger partial charge in [0.15, 0.2) is 11.5 Å². The topological polar surface area (TPSA) is 150 Å². The second-order valence-corrected chi connectivity index (χ2v) is 7.57. The van der Waals surface area contributed by atoms with Crippen molar-refractivity contribution in [1.82, 2.24) is 20.3 Å². The Balaban J connectivity index is 1.36. The van der Waals surface area contributed by atoms with E-state index in [0.717, 1.165) is 11.3 Å². The fourth-order valence-electron chi connectivity index (χ4n) is 3.28. The lowest BCUT2D eigenvalue weighted by Crippen LogP contribution is -2.24. The minimum Gasteiger partial charge on any atom is -0.494 e. The molecule has 0 saturated heterocycles. The zero-order chi connectivity index (χ0) is 24.8. The summed E-state index contributed by atoms with van der Waals surface area (Å²) in [5, 5.41) is 13.9. The Bertz CT molecular complexity index is 1330. The predicted molar refractivity (Wildman–Crippen MR) is 133 cm³/mol. The third-order valence-electron chi connectivity index (χ3n) is 5.11. The summed E-state index contributed by atoms with van der Waals surface area (Å²) in [5.74, 6) is 0.00357. The quantitative estimate of drug-likeness (QED) is 0.288. The molecule has 2 amide bonds. The number of ether oxygens (including phenoxy) is 1. The number of nitrogens with one attached hydrogen (secondary N) is 2. The molecule has 3 aromatic carbocycles. The highest BCUT2D eigenvalue weighted by molar-refractivity contribution is 6.05. The van der Waals surface area contributed by atoms with E-state index in [1.807, 2.05) is 6.92 Å². The molecule has 1 aromatic heterocycles. The molecule has 178 valence electrons. The van der Waals surface area contributed by atoms with Crippen LogP contribution in [0.4, 0.5) is 17.2 Å². The number of nitrogens with two attached hydrogens (primary N) is 2. The van der Waals surface area contributed by atoms with Crippen molar-refractivity contribution in [2.45, 2.75) is 13.5 Å². The van der Waals surface area contributed by atoms with Gasteiger partial charge in [-0.2, -0.15) is 0 Å². The first-order chi connectivity index (χ1) is 16.9. The lowest BCUT2D eigenvalue weighted by Gasteiger charge is -2.09. The van der Waals surface area contributed by atoms with E-state index in [1.54, 1.807) is 72.8 Å². The first kappa shape index (κ1) is 23.3. The molecule has 0 fully saturated rings. The molecule has 0 atom stereocenters. The summed E-state index contributed by atoms with van der Waals surface area (Å²) < 4.78 is 5.42. The number of aromatic nitrogens is 3. The molecule has 0 spiro atoms. The summed E-state index contributed by atoms with van der Waals surface area (Å²) >= 11 is 0. The van der Waals surface area contributed by atoms with Gasteiger partial charge in [0.25, 0.3) is 11.8 Å². The summed E-state index contributed by atoms with van der Waals surface area (Å²) in [6.45, 7) is 2.69. The average Bonchev–Trinajstić information content (AvgIpc) is 3.26.